The van der Waals surface area contributed by atoms with Gasteiger partial charge in [-0.25, -0.2) is 8.78 Å². The Labute approximate surface area is 132 Å². The third-order valence-corrected chi connectivity index (χ3v) is 4.39. The van der Waals surface area contributed by atoms with Crippen LogP contribution in [-0.4, -0.2) is 6.54 Å². The molecule has 21 heavy (non-hydrogen) atoms. The van der Waals surface area contributed by atoms with Crippen LogP contribution in [0.2, 0.25) is 0 Å². The van der Waals surface area contributed by atoms with Crippen LogP contribution >= 0.6 is 15.9 Å². The second kappa shape index (κ2) is 7.14. The summed E-state index contributed by atoms with van der Waals surface area (Å²) < 4.78 is 28.4. The zero-order valence-electron chi connectivity index (χ0n) is 12.1. The van der Waals surface area contributed by atoms with Gasteiger partial charge in [0.2, 0.25) is 0 Å². The van der Waals surface area contributed by atoms with Gasteiger partial charge >= 0.3 is 0 Å². The third-order valence-electron chi connectivity index (χ3n) is 3.50. The molecule has 112 valence electrons. The van der Waals surface area contributed by atoms with Gasteiger partial charge in [0.15, 0.2) is 0 Å². The normalized spacial score (nSPS) is 12.4. The molecule has 0 bridgehead atoms. The van der Waals surface area contributed by atoms with Crippen LogP contribution in [0.3, 0.4) is 0 Å². The van der Waals surface area contributed by atoms with E-state index in [1.807, 2.05) is 19.1 Å². The molecule has 1 nitrogen and oxygen atoms in total. The Morgan fingerprint density at radius 2 is 1.86 bits per heavy atom. The highest BCUT2D eigenvalue weighted by atomic mass is 79.9. The van der Waals surface area contributed by atoms with Crippen molar-refractivity contribution in [3.05, 3.63) is 69.2 Å². The maximum absolute atomic E-state index is 14.3. The van der Waals surface area contributed by atoms with Crippen LogP contribution in [0.4, 0.5) is 8.78 Å². The number of halogens is 3. The Morgan fingerprint density at radius 1 is 1.14 bits per heavy atom. The van der Waals surface area contributed by atoms with E-state index < -0.39 is 0 Å². The number of hydrogen-bond donors (Lipinski definition) is 1. The van der Waals surface area contributed by atoms with Crippen LogP contribution in [-0.2, 0) is 6.42 Å². The molecular weight excluding hydrogens is 336 g/mol. The second-order valence-electron chi connectivity index (χ2n) is 5.01. The van der Waals surface area contributed by atoms with Crippen molar-refractivity contribution < 1.29 is 8.78 Å². The summed E-state index contributed by atoms with van der Waals surface area (Å²) in [6.45, 7) is 4.44. The molecule has 0 spiro atoms. The summed E-state index contributed by atoms with van der Waals surface area (Å²) in [6, 6.07) is 10.1. The van der Waals surface area contributed by atoms with Gasteiger partial charge in [-0.2, -0.15) is 0 Å². The molecule has 0 radical (unpaired) electrons. The SMILES string of the molecule is CCNC(Cc1cccc(F)c1Br)c1cccc(C)c1F. The lowest BCUT2D eigenvalue weighted by Crippen LogP contribution is -2.24. The average Bonchev–Trinajstić information content (AvgIpc) is 2.46. The van der Waals surface area contributed by atoms with Crippen molar-refractivity contribution in [2.45, 2.75) is 26.3 Å². The van der Waals surface area contributed by atoms with Crippen molar-refractivity contribution in [3.8, 4) is 0 Å². The first-order valence-corrected chi connectivity index (χ1v) is 7.75. The van der Waals surface area contributed by atoms with E-state index >= 15 is 0 Å². The van der Waals surface area contributed by atoms with E-state index in [4.69, 9.17) is 0 Å². The molecule has 1 N–H and O–H groups in total. The number of likely N-dealkylation sites (N-methyl/N-ethyl adjacent to an activating group) is 1. The zero-order chi connectivity index (χ0) is 15.4. The number of nitrogens with one attached hydrogen (secondary N) is 1. The highest BCUT2D eigenvalue weighted by Crippen LogP contribution is 2.28. The predicted octanol–water partition coefficient (Wildman–Crippen LogP) is 4.93. The van der Waals surface area contributed by atoms with Crippen molar-refractivity contribution in [2.75, 3.05) is 6.54 Å². The first-order chi connectivity index (χ1) is 10.0. The highest BCUT2D eigenvalue weighted by Gasteiger charge is 2.18. The van der Waals surface area contributed by atoms with Crippen molar-refractivity contribution in [2.24, 2.45) is 0 Å². The van der Waals surface area contributed by atoms with Gasteiger partial charge in [0.05, 0.1) is 4.47 Å². The van der Waals surface area contributed by atoms with Gasteiger partial charge in [0, 0.05) is 11.6 Å². The van der Waals surface area contributed by atoms with Gasteiger partial charge in [0.1, 0.15) is 11.6 Å². The quantitative estimate of drug-likeness (QED) is 0.803. The molecule has 0 aliphatic carbocycles. The molecular formula is C17H18BrF2N. The van der Waals surface area contributed by atoms with Crippen LogP contribution in [0.25, 0.3) is 0 Å². The van der Waals surface area contributed by atoms with E-state index in [1.165, 1.54) is 6.07 Å². The molecule has 0 saturated heterocycles. The molecule has 1 unspecified atom stereocenters. The molecule has 2 aromatic carbocycles. The molecule has 0 aliphatic rings. The Balaban J connectivity index is 2.35. The van der Waals surface area contributed by atoms with Crippen molar-refractivity contribution in [1.29, 1.82) is 0 Å². The number of hydrogen-bond acceptors (Lipinski definition) is 1. The Kier molecular flexibility index (Phi) is 5.48. The summed E-state index contributed by atoms with van der Waals surface area (Å²) in [5, 5.41) is 3.28. The molecule has 0 aromatic heterocycles. The topological polar surface area (TPSA) is 12.0 Å². The molecule has 0 fully saturated rings. The van der Waals surface area contributed by atoms with Crippen molar-refractivity contribution in [3.63, 3.8) is 0 Å². The maximum atomic E-state index is 14.3. The summed E-state index contributed by atoms with van der Waals surface area (Å²) >= 11 is 3.27. The monoisotopic (exact) mass is 353 g/mol. The lowest BCUT2D eigenvalue weighted by Gasteiger charge is -2.20. The summed E-state index contributed by atoms with van der Waals surface area (Å²) in [7, 11) is 0. The lowest BCUT2D eigenvalue weighted by atomic mass is 9.96. The third kappa shape index (κ3) is 3.69. The van der Waals surface area contributed by atoms with E-state index in [1.54, 1.807) is 25.1 Å². The van der Waals surface area contributed by atoms with Crippen LogP contribution in [0.1, 0.15) is 29.7 Å². The predicted molar refractivity (Wildman–Crippen MR) is 85.4 cm³/mol. The van der Waals surface area contributed by atoms with Crippen LogP contribution in [0.15, 0.2) is 40.9 Å². The van der Waals surface area contributed by atoms with Gasteiger partial charge in [0.25, 0.3) is 0 Å². The summed E-state index contributed by atoms with van der Waals surface area (Å²) in [4.78, 5) is 0. The fraction of sp³-hybridized carbons (Fsp3) is 0.294. The van der Waals surface area contributed by atoms with E-state index in [-0.39, 0.29) is 17.7 Å². The van der Waals surface area contributed by atoms with Crippen LogP contribution in [0, 0.1) is 18.6 Å². The largest absolute Gasteiger partial charge is 0.310 e. The van der Waals surface area contributed by atoms with Crippen LogP contribution < -0.4 is 5.32 Å². The summed E-state index contributed by atoms with van der Waals surface area (Å²) in [5.74, 6) is -0.497. The minimum absolute atomic E-state index is 0.187. The molecule has 4 heteroatoms. The fourth-order valence-corrected chi connectivity index (χ4v) is 2.83. The molecule has 2 aromatic rings. The molecule has 0 aliphatic heterocycles. The number of aryl methyl sites for hydroxylation is 1. The Bertz CT molecular complexity index is 628. The molecule has 1 atom stereocenters. The standard InChI is InChI=1S/C17H18BrF2N/c1-3-21-15(13-8-4-6-11(2)17(13)20)10-12-7-5-9-14(19)16(12)18/h4-9,15,21H,3,10H2,1-2H3. The maximum Gasteiger partial charge on any atom is 0.137 e. The first kappa shape index (κ1) is 16.1. The van der Waals surface area contributed by atoms with E-state index in [0.717, 1.165) is 5.56 Å². The smallest absolute Gasteiger partial charge is 0.137 e. The lowest BCUT2D eigenvalue weighted by molar-refractivity contribution is 0.505. The summed E-state index contributed by atoms with van der Waals surface area (Å²) in [5.41, 5.74) is 2.06. The molecule has 0 heterocycles. The second-order valence-corrected chi connectivity index (χ2v) is 5.80. The molecule has 2 rings (SSSR count). The van der Waals surface area contributed by atoms with Gasteiger partial charge < -0.3 is 5.32 Å². The van der Waals surface area contributed by atoms with E-state index in [2.05, 4.69) is 21.2 Å². The molecule has 0 saturated carbocycles. The van der Waals surface area contributed by atoms with Gasteiger partial charge in [-0.05, 0) is 53.0 Å². The van der Waals surface area contributed by atoms with Crippen molar-refractivity contribution >= 4 is 15.9 Å². The molecule has 0 amide bonds. The zero-order valence-corrected chi connectivity index (χ0v) is 13.7. The minimum Gasteiger partial charge on any atom is -0.310 e. The highest BCUT2D eigenvalue weighted by molar-refractivity contribution is 9.10. The van der Waals surface area contributed by atoms with Crippen molar-refractivity contribution in [1.82, 2.24) is 5.32 Å². The summed E-state index contributed by atoms with van der Waals surface area (Å²) in [6.07, 6.45) is 0.520. The van der Waals surface area contributed by atoms with E-state index in [9.17, 15) is 8.78 Å². The fourth-order valence-electron chi connectivity index (χ4n) is 2.40. The van der Waals surface area contributed by atoms with Crippen LogP contribution in [0.5, 0.6) is 0 Å². The van der Waals surface area contributed by atoms with E-state index in [0.29, 0.717) is 28.6 Å². The minimum atomic E-state index is -0.299. The number of benzene rings is 2. The van der Waals surface area contributed by atoms with Gasteiger partial charge in [-0.3, -0.25) is 0 Å². The average molecular weight is 354 g/mol. The number of rotatable bonds is 5. The Morgan fingerprint density at radius 3 is 2.57 bits per heavy atom. The van der Waals surface area contributed by atoms with Gasteiger partial charge in [-0.15, -0.1) is 0 Å². The Hall–Kier alpha value is -1.26. The van der Waals surface area contributed by atoms with Gasteiger partial charge in [-0.1, -0.05) is 37.3 Å². The first-order valence-electron chi connectivity index (χ1n) is 6.95.